The first-order chi connectivity index (χ1) is 9.58. The summed E-state index contributed by atoms with van der Waals surface area (Å²) in [5, 5.41) is 9.69. The van der Waals surface area contributed by atoms with Crippen LogP contribution in [0.5, 0.6) is 5.75 Å². The van der Waals surface area contributed by atoms with Crippen LogP contribution in [0.3, 0.4) is 0 Å². The van der Waals surface area contributed by atoms with Gasteiger partial charge in [-0.3, -0.25) is 4.79 Å². The van der Waals surface area contributed by atoms with Crippen LogP contribution in [0.2, 0.25) is 5.02 Å². The highest BCUT2D eigenvalue weighted by Crippen LogP contribution is 2.23. The molecular weight excluding hydrogens is 283 g/mol. The number of carboxylic acids is 1. The molecule has 2 aromatic carbocycles. The lowest BCUT2D eigenvalue weighted by Gasteiger charge is -2.14. The van der Waals surface area contributed by atoms with Crippen molar-refractivity contribution >= 4 is 17.6 Å². The fraction of sp³-hybridized carbons (Fsp3) is 0.133. The first-order valence-corrected chi connectivity index (χ1v) is 6.31. The van der Waals surface area contributed by atoms with Crippen molar-refractivity contribution in [3.05, 3.63) is 64.9 Å². The summed E-state index contributed by atoms with van der Waals surface area (Å²) >= 11 is 5.84. The van der Waals surface area contributed by atoms with Gasteiger partial charge in [0, 0.05) is 5.02 Å². The highest BCUT2D eigenvalue weighted by atomic mass is 35.5. The second-order valence-electron chi connectivity index (χ2n) is 4.19. The van der Waals surface area contributed by atoms with E-state index in [-0.39, 0.29) is 12.4 Å². The van der Waals surface area contributed by atoms with Crippen molar-refractivity contribution in [2.24, 2.45) is 0 Å². The van der Waals surface area contributed by atoms with Crippen molar-refractivity contribution < 1.29 is 19.0 Å². The summed E-state index contributed by atoms with van der Waals surface area (Å²) in [6.07, 6.45) is 0. The monoisotopic (exact) mass is 294 g/mol. The Labute approximate surface area is 120 Å². The van der Waals surface area contributed by atoms with E-state index < -0.39 is 17.7 Å². The second kappa shape index (κ2) is 6.39. The Morgan fingerprint density at radius 1 is 1.25 bits per heavy atom. The summed E-state index contributed by atoms with van der Waals surface area (Å²) in [7, 11) is 0. The van der Waals surface area contributed by atoms with Crippen LogP contribution >= 0.6 is 11.6 Å². The molecule has 0 amide bonds. The van der Waals surface area contributed by atoms with Crippen molar-refractivity contribution in [2.45, 2.75) is 5.92 Å². The highest BCUT2D eigenvalue weighted by Gasteiger charge is 2.21. The molecular formula is C15H12ClFO3. The maximum Gasteiger partial charge on any atom is 0.314 e. The molecule has 1 unspecified atom stereocenters. The van der Waals surface area contributed by atoms with E-state index in [2.05, 4.69) is 0 Å². The number of benzene rings is 2. The molecule has 0 saturated carbocycles. The number of aliphatic carboxylic acids is 1. The molecule has 0 bridgehead atoms. The molecule has 1 N–H and O–H groups in total. The number of hydrogen-bond donors (Lipinski definition) is 1. The quantitative estimate of drug-likeness (QED) is 0.914. The molecule has 104 valence electrons. The van der Waals surface area contributed by atoms with E-state index in [4.69, 9.17) is 16.3 Å². The zero-order valence-corrected chi connectivity index (χ0v) is 11.2. The van der Waals surface area contributed by atoms with Crippen LogP contribution < -0.4 is 4.74 Å². The molecule has 5 heteroatoms. The van der Waals surface area contributed by atoms with Gasteiger partial charge in [0.1, 0.15) is 12.5 Å². The van der Waals surface area contributed by atoms with E-state index in [1.807, 2.05) is 0 Å². The predicted octanol–water partition coefficient (Wildman–Crippen LogP) is 3.73. The van der Waals surface area contributed by atoms with E-state index in [1.165, 1.54) is 18.2 Å². The molecule has 0 heterocycles. The van der Waals surface area contributed by atoms with Gasteiger partial charge in [0.2, 0.25) is 0 Å². The van der Waals surface area contributed by atoms with Gasteiger partial charge in [-0.05, 0) is 29.8 Å². The zero-order chi connectivity index (χ0) is 14.5. The Morgan fingerprint density at radius 3 is 2.65 bits per heavy atom. The third-order valence-electron chi connectivity index (χ3n) is 2.79. The van der Waals surface area contributed by atoms with Gasteiger partial charge < -0.3 is 9.84 Å². The first kappa shape index (κ1) is 14.3. The maximum absolute atomic E-state index is 13.4. The molecule has 2 rings (SSSR count). The molecule has 0 radical (unpaired) electrons. The Hall–Kier alpha value is -2.07. The van der Waals surface area contributed by atoms with Gasteiger partial charge in [0.05, 0.1) is 0 Å². The van der Waals surface area contributed by atoms with Gasteiger partial charge in [0.15, 0.2) is 11.6 Å². The number of para-hydroxylation sites is 1. The number of carbonyl (C=O) groups is 1. The van der Waals surface area contributed by atoms with Crippen LogP contribution in [0.4, 0.5) is 4.39 Å². The summed E-state index contributed by atoms with van der Waals surface area (Å²) in [5.41, 5.74) is 0.515. The fourth-order valence-corrected chi connectivity index (χ4v) is 1.97. The van der Waals surface area contributed by atoms with E-state index in [9.17, 15) is 14.3 Å². The summed E-state index contributed by atoms with van der Waals surface area (Å²) in [4.78, 5) is 11.3. The molecule has 3 nitrogen and oxygen atoms in total. The average molecular weight is 295 g/mol. The van der Waals surface area contributed by atoms with Gasteiger partial charge >= 0.3 is 5.97 Å². The summed E-state index contributed by atoms with van der Waals surface area (Å²) in [5.74, 6) is -2.46. The van der Waals surface area contributed by atoms with Gasteiger partial charge in [-0.2, -0.15) is 0 Å². The number of hydrogen-bond acceptors (Lipinski definition) is 2. The minimum absolute atomic E-state index is 0.0285. The lowest BCUT2D eigenvalue weighted by Crippen LogP contribution is -2.19. The SMILES string of the molecule is O=C(O)C(COc1ccccc1F)c1cccc(Cl)c1. The number of ether oxygens (including phenoxy) is 1. The molecule has 0 fully saturated rings. The van der Waals surface area contributed by atoms with Crippen LogP contribution in [0.25, 0.3) is 0 Å². The highest BCUT2D eigenvalue weighted by molar-refractivity contribution is 6.30. The third-order valence-corrected chi connectivity index (χ3v) is 3.03. The predicted molar refractivity (Wildman–Crippen MR) is 73.7 cm³/mol. The Balaban J connectivity index is 2.15. The summed E-state index contributed by atoms with van der Waals surface area (Å²) in [6, 6.07) is 12.4. The van der Waals surface area contributed by atoms with Crippen molar-refractivity contribution in [1.82, 2.24) is 0 Å². The van der Waals surface area contributed by atoms with Crippen LogP contribution in [0.15, 0.2) is 48.5 Å². The van der Waals surface area contributed by atoms with Crippen molar-refractivity contribution in [3.8, 4) is 5.75 Å². The topological polar surface area (TPSA) is 46.5 Å². The van der Waals surface area contributed by atoms with Crippen LogP contribution in [-0.4, -0.2) is 17.7 Å². The molecule has 0 aliphatic heterocycles. The summed E-state index contributed by atoms with van der Waals surface area (Å²) < 4.78 is 18.7. The third kappa shape index (κ3) is 3.48. The largest absolute Gasteiger partial charge is 0.489 e. The number of carboxylic acid groups (broad SMARTS) is 1. The molecule has 1 atom stereocenters. The lowest BCUT2D eigenvalue weighted by atomic mass is 10.0. The lowest BCUT2D eigenvalue weighted by molar-refractivity contribution is -0.139. The Morgan fingerprint density at radius 2 is 2.00 bits per heavy atom. The van der Waals surface area contributed by atoms with Crippen molar-refractivity contribution in [1.29, 1.82) is 0 Å². The van der Waals surface area contributed by atoms with E-state index >= 15 is 0 Å². The van der Waals surface area contributed by atoms with Crippen LogP contribution in [0, 0.1) is 5.82 Å². The number of rotatable bonds is 5. The number of halogens is 2. The van der Waals surface area contributed by atoms with Gasteiger partial charge in [0.25, 0.3) is 0 Å². The molecule has 0 aliphatic carbocycles. The van der Waals surface area contributed by atoms with Gasteiger partial charge in [-0.15, -0.1) is 0 Å². The van der Waals surface area contributed by atoms with Gasteiger partial charge in [-0.1, -0.05) is 35.9 Å². The standard InChI is InChI=1S/C15H12ClFO3/c16-11-5-3-4-10(8-11)12(15(18)19)9-20-14-7-2-1-6-13(14)17/h1-8,12H,9H2,(H,18,19). The van der Waals surface area contributed by atoms with Crippen LogP contribution in [0.1, 0.15) is 11.5 Å². The van der Waals surface area contributed by atoms with E-state index in [0.29, 0.717) is 10.6 Å². The van der Waals surface area contributed by atoms with E-state index in [0.717, 1.165) is 0 Å². The minimum Gasteiger partial charge on any atom is -0.489 e. The Bertz CT molecular complexity index is 616. The van der Waals surface area contributed by atoms with Crippen molar-refractivity contribution in [3.63, 3.8) is 0 Å². The molecule has 0 aliphatic rings. The maximum atomic E-state index is 13.4. The second-order valence-corrected chi connectivity index (χ2v) is 4.62. The van der Waals surface area contributed by atoms with Crippen LogP contribution in [-0.2, 0) is 4.79 Å². The minimum atomic E-state index is -1.05. The summed E-state index contributed by atoms with van der Waals surface area (Å²) in [6.45, 7) is -0.170. The van der Waals surface area contributed by atoms with Gasteiger partial charge in [-0.25, -0.2) is 4.39 Å². The van der Waals surface area contributed by atoms with Crippen molar-refractivity contribution in [2.75, 3.05) is 6.61 Å². The molecule has 0 saturated heterocycles. The zero-order valence-electron chi connectivity index (χ0n) is 10.4. The van der Waals surface area contributed by atoms with E-state index in [1.54, 1.807) is 30.3 Å². The first-order valence-electron chi connectivity index (χ1n) is 5.93. The molecule has 2 aromatic rings. The molecule has 20 heavy (non-hydrogen) atoms. The molecule has 0 aromatic heterocycles. The normalized spacial score (nSPS) is 11.9. The average Bonchev–Trinajstić information content (AvgIpc) is 2.41. The molecule has 0 spiro atoms. The smallest absolute Gasteiger partial charge is 0.314 e. The fourth-order valence-electron chi connectivity index (χ4n) is 1.77. The Kier molecular flexibility index (Phi) is 4.58.